The molecule has 0 saturated carbocycles. The Morgan fingerprint density at radius 1 is 1.16 bits per heavy atom. The topological polar surface area (TPSA) is 93.1 Å². The summed E-state index contributed by atoms with van der Waals surface area (Å²) in [6.45, 7) is 0.549. The van der Waals surface area contributed by atoms with Gasteiger partial charge in [-0.2, -0.15) is 0 Å². The van der Waals surface area contributed by atoms with Gasteiger partial charge in [-0.05, 0) is 30.7 Å². The number of likely N-dealkylation sites (tertiary alicyclic amines) is 1. The van der Waals surface area contributed by atoms with Gasteiger partial charge >= 0.3 is 5.97 Å². The van der Waals surface area contributed by atoms with Gasteiger partial charge in [0.05, 0.1) is 13.7 Å². The molecule has 0 spiro atoms. The first-order valence-corrected chi connectivity index (χ1v) is 8.09. The lowest BCUT2D eigenvalue weighted by Crippen LogP contribution is -2.40. The lowest BCUT2D eigenvalue weighted by Gasteiger charge is -2.23. The summed E-state index contributed by atoms with van der Waals surface area (Å²) in [4.78, 5) is 37.5. The predicted molar refractivity (Wildman–Crippen MR) is 89.7 cm³/mol. The van der Waals surface area contributed by atoms with Gasteiger partial charge in [0.2, 0.25) is 5.91 Å². The summed E-state index contributed by atoms with van der Waals surface area (Å²) >= 11 is 0. The Morgan fingerprint density at radius 3 is 2.40 bits per heavy atom. The van der Waals surface area contributed by atoms with Crippen LogP contribution in [0.4, 0.5) is 0 Å². The van der Waals surface area contributed by atoms with Gasteiger partial charge in [0.1, 0.15) is 11.2 Å². The van der Waals surface area contributed by atoms with Crippen molar-refractivity contribution >= 4 is 17.7 Å². The van der Waals surface area contributed by atoms with Crippen LogP contribution in [0.2, 0.25) is 0 Å². The second-order valence-electron chi connectivity index (χ2n) is 6.24. The van der Waals surface area contributed by atoms with Crippen LogP contribution in [0.25, 0.3) is 0 Å². The molecule has 1 amide bonds. The number of ketones is 1. The standard InChI is InChI=1S/C18H23NO6/c1-24-12-18(17(22)23)9-10-19(11-18)16(21)8-7-15(20)13-3-5-14(25-2)6-4-13/h3-6H,7-12H2,1-2H3,(H,22,23). The Bertz CT molecular complexity index is 641. The molecule has 1 N–H and O–H groups in total. The number of carboxylic acids is 1. The van der Waals surface area contributed by atoms with Crippen LogP contribution in [0.15, 0.2) is 24.3 Å². The fourth-order valence-electron chi connectivity index (χ4n) is 3.02. The average molecular weight is 349 g/mol. The number of benzene rings is 1. The first kappa shape index (κ1) is 18.9. The van der Waals surface area contributed by atoms with Gasteiger partial charge in [-0.15, -0.1) is 0 Å². The number of hydrogen-bond donors (Lipinski definition) is 1. The summed E-state index contributed by atoms with van der Waals surface area (Å²) < 4.78 is 10.1. The van der Waals surface area contributed by atoms with E-state index in [0.29, 0.717) is 24.3 Å². The van der Waals surface area contributed by atoms with E-state index in [4.69, 9.17) is 9.47 Å². The van der Waals surface area contributed by atoms with Crippen LogP contribution < -0.4 is 4.74 Å². The van der Waals surface area contributed by atoms with Crippen molar-refractivity contribution in [1.29, 1.82) is 0 Å². The van der Waals surface area contributed by atoms with Crippen LogP contribution in [-0.4, -0.2) is 61.6 Å². The number of aliphatic carboxylic acids is 1. The largest absolute Gasteiger partial charge is 0.497 e. The van der Waals surface area contributed by atoms with Crippen molar-refractivity contribution < 1.29 is 29.0 Å². The minimum atomic E-state index is -1.05. The van der Waals surface area contributed by atoms with Crippen molar-refractivity contribution in [2.75, 3.05) is 33.9 Å². The maximum absolute atomic E-state index is 12.3. The Labute approximate surface area is 146 Å². The molecule has 1 fully saturated rings. The maximum atomic E-state index is 12.3. The molecule has 136 valence electrons. The first-order chi connectivity index (χ1) is 11.9. The summed E-state index contributed by atoms with van der Waals surface area (Å²) in [5.41, 5.74) is -0.529. The summed E-state index contributed by atoms with van der Waals surface area (Å²) in [7, 11) is 3.00. The highest BCUT2D eigenvalue weighted by molar-refractivity contribution is 5.98. The third-order valence-corrected chi connectivity index (χ3v) is 4.56. The van der Waals surface area contributed by atoms with E-state index in [2.05, 4.69) is 0 Å². The smallest absolute Gasteiger partial charge is 0.313 e. The zero-order valence-electron chi connectivity index (χ0n) is 14.5. The van der Waals surface area contributed by atoms with Gasteiger partial charge in [0.25, 0.3) is 0 Å². The first-order valence-electron chi connectivity index (χ1n) is 8.09. The highest BCUT2D eigenvalue weighted by atomic mass is 16.5. The molecule has 7 heteroatoms. The second-order valence-corrected chi connectivity index (χ2v) is 6.24. The third-order valence-electron chi connectivity index (χ3n) is 4.56. The minimum absolute atomic E-state index is 0.0630. The number of carbonyl (C=O) groups excluding carboxylic acids is 2. The molecule has 0 aromatic heterocycles. The second kappa shape index (κ2) is 8.11. The van der Waals surface area contributed by atoms with Crippen LogP contribution in [0.1, 0.15) is 29.6 Å². The lowest BCUT2D eigenvalue weighted by atomic mass is 9.88. The molecular formula is C18H23NO6. The normalized spacial score (nSPS) is 19.7. The SMILES string of the molecule is COCC1(C(=O)O)CCN(C(=O)CCC(=O)c2ccc(OC)cc2)C1. The van der Waals surface area contributed by atoms with Crippen LogP contribution >= 0.6 is 0 Å². The Morgan fingerprint density at radius 2 is 1.84 bits per heavy atom. The van der Waals surface area contributed by atoms with E-state index in [-0.39, 0.29) is 37.7 Å². The molecule has 1 aliphatic rings. The number of Topliss-reactive ketones (excluding diaryl/α,β-unsaturated/α-hetero) is 1. The molecule has 1 unspecified atom stereocenters. The highest BCUT2D eigenvalue weighted by Gasteiger charge is 2.46. The van der Waals surface area contributed by atoms with Crippen LogP contribution in [-0.2, 0) is 14.3 Å². The van der Waals surface area contributed by atoms with Gasteiger partial charge in [-0.25, -0.2) is 0 Å². The van der Waals surface area contributed by atoms with E-state index >= 15 is 0 Å². The summed E-state index contributed by atoms with van der Waals surface area (Å²) in [5, 5.41) is 9.42. The average Bonchev–Trinajstić information content (AvgIpc) is 3.05. The van der Waals surface area contributed by atoms with E-state index in [9.17, 15) is 19.5 Å². The van der Waals surface area contributed by atoms with E-state index in [1.165, 1.54) is 12.0 Å². The van der Waals surface area contributed by atoms with E-state index < -0.39 is 11.4 Å². The Balaban J connectivity index is 1.89. The van der Waals surface area contributed by atoms with E-state index in [0.717, 1.165) is 0 Å². The summed E-state index contributed by atoms with van der Waals surface area (Å²) in [6, 6.07) is 6.72. The van der Waals surface area contributed by atoms with Crippen LogP contribution in [0.3, 0.4) is 0 Å². The number of carbonyl (C=O) groups is 3. The lowest BCUT2D eigenvalue weighted by molar-refractivity contribution is -0.151. The molecule has 7 nitrogen and oxygen atoms in total. The zero-order valence-corrected chi connectivity index (χ0v) is 14.5. The molecule has 25 heavy (non-hydrogen) atoms. The number of rotatable bonds is 8. The van der Waals surface area contributed by atoms with Gasteiger partial charge in [-0.1, -0.05) is 0 Å². The molecule has 1 aromatic carbocycles. The van der Waals surface area contributed by atoms with Crippen molar-refractivity contribution in [3.8, 4) is 5.75 Å². The fourth-order valence-corrected chi connectivity index (χ4v) is 3.02. The molecular weight excluding hydrogens is 326 g/mol. The summed E-state index contributed by atoms with van der Waals surface area (Å²) in [5.74, 6) is -0.635. The Kier molecular flexibility index (Phi) is 6.14. The molecule has 0 radical (unpaired) electrons. The number of hydrogen-bond acceptors (Lipinski definition) is 5. The van der Waals surface area contributed by atoms with Crippen molar-refractivity contribution in [2.45, 2.75) is 19.3 Å². The predicted octanol–water partition coefficient (Wildman–Crippen LogP) is 1.61. The zero-order chi connectivity index (χ0) is 18.4. The van der Waals surface area contributed by atoms with Crippen molar-refractivity contribution in [3.05, 3.63) is 29.8 Å². The summed E-state index contributed by atoms with van der Waals surface area (Å²) in [6.07, 6.45) is 0.508. The number of nitrogens with zero attached hydrogens (tertiary/aromatic N) is 1. The molecule has 1 aliphatic heterocycles. The molecule has 1 atom stereocenters. The molecule has 2 rings (SSSR count). The van der Waals surface area contributed by atoms with Gasteiger partial charge in [-0.3, -0.25) is 14.4 Å². The minimum Gasteiger partial charge on any atom is -0.497 e. The van der Waals surface area contributed by atoms with Crippen molar-refractivity contribution in [2.24, 2.45) is 5.41 Å². The maximum Gasteiger partial charge on any atom is 0.313 e. The van der Waals surface area contributed by atoms with Crippen molar-refractivity contribution in [1.82, 2.24) is 4.90 Å². The number of carboxylic acid groups (broad SMARTS) is 1. The molecule has 0 bridgehead atoms. The van der Waals surface area contributed by atoms with E-state index in [1.807, 2.05) is 0 Å². The molecule has 0 aliphatic carbocycles. The number of methoxy groups -OCH3 is 2. The van der Waals surface area contributed by atoms with Gasteiger partial charge in [0, 0.05) is 38.6 Å². The van der Waals surface area contributed by atoms with Crippen LogP contribution in [0.5, 0.6) is 5.75 Å². The third kappa shape index (κ3) is 4.36. The van der Waals surface area contributed by atoms with Gasteiger partial charge in [0.15, 0.2) is 5.78 Å². The Hall–Kier alpha value is -2.41. The number of amides is 1. The van der Waals surface area contributed by atoms with Gasteiger partial charge < -0.3 is 19.5 Å². The monoisotopic (exact) mass is 349 g/mol. The van der Waals surface area contributed by atoms with E-state index in [1.54, 1.807) is 31.4 Å². The van der Waals surface area contributed by atoms with Crippen molar-refractivity contribution in [3.63, 3.8) is 0 Å². The quantitative estimate of drug-likeness (QED) is 0.717. The van der Waals surface area contributed by atoms with Crippen LogP contribution in [0, 0.1) is 5.41 Å². The molecule has 1 saturated heterocycles. The number of ether oxygens (including phenoxy) is 2. The molecule has 1 heterocycles. The highest BCUT2D eigenvalue weighted by Crippen LogP contribution is 2.31. The molecule has 1 aromatic rings. The fraction of sp³-hybridized carbons (Fsp3) is 0.500.